The van der Waals surface area contributed by atoms with E-state index in [4.69, 9.17) is 5.14 Å². The zero-order valence-corrected chi connectivity index (χ0v) is 15.0. The molecular weight excluding hydrogens is 336 g/mol. The minimum Gasteiger partial charge on any atom is -0.372 e. The Morgan fingerprint density at radius 2 is 1.64 bits per heavy atom. The molecule has 0 aromatic heterocycles. The Morgan fingerprint density at radius 3 is 2.20 bits per heavy atom. The van der Waals surface area contributed by atoms with Gasteiger partial charge in [-0.15, -0.1) is 0 Å². The van der Waals surface area contributed by atoms with Gasteiger partial charge in [-0.1, -0.05) is 12.1 Å². The maximum Gasteiger partial charge on any atom is 0.238 e. The molecule has 0 saturated carbocycles. The summed E-state index contributed by atoms with van der Waals surface area (Å²) in [6.45, 7) is 4.18. The Hall–Kier alpha value is -2.38. The third-order valence-electron chi connectivity index (χ3n) is 4.29. The Bertz CT molecular complexity index is 853. The summed E-state index contributed by atoms with van der Waals surface area (Å²) in [6.07, 6.45) is 2.52. The van der Waals surface area contributed by atoms with Crippen LogP contribution in [0.15, 0.2) is 58.5 Å². The Labute approximate surface area is 148 Å². The van der Waals surface area contributed by atoms with E-state index in [0.29, 0.717) is 5.69 Å². The van der Waals surface area contributed by atoms with Crippen molar-refractivity contribution in [3.05, 3.63) is 54.1 Å². The second-order valence-electron chi connectivity index (χ2n) is 6.12. The Kier molecular flexibility index (Phi) is 5.06. The minimum absolute atomic E-state index is 0.0799. The van der Waals surface area contributed by atoms with E-state index in [0.717, 1.165) is 24.4 Å². The van der Waals surface area contributed by atoms with Crippen LogP contribution in [0.1, 0.15) is 25.3 Å². The first kappa shape index (κ1) is 17.4. The van der Waals surface area contributed by atoms with E-state index in [-0.39, 0.29) is 4.90 Å². The molecule has 1 fully saturated rings. The molecule has 1 aliphatic heterocycles. The second kappa shape index (κ2) is 7.25. The van der Waals surface area contributed by atoms with Gasteiger partial charge in [0.25, 0.3) is 0 Å². The van der Waals surface area contributed by atoms with Gasteiger partial charge in [0.05, 0.1) is 16.3 Å². The van der Waals surface area contributed by atoms with Gasteiger partial charge in [-0.25, -0.2) is 13.6 Å². The third-order valence-corrected chi connectivity index (χ3v) is 5.22. The molecule has 0 radical (unpaired) electrons. The molecule has 0 spiro atoms. The quantitative estimate of drug-likeness (QED) is 0.635. The van der Waals surface area contributed by atoms with Gasteiger partial charge in [0.15, 0.2) is 0 Å². The number of rotatable bonds is 5. The molecule has 2 aromatic carbocycles. The summed E-state index contributed by atoms with van der Waals surface area (Å²) >= 11 is 0. The van der Waals surface area contributed by atoms with Crippen molar-refractivity contribution in [1.82, 2.24) is 0 Å². The summed E-state index contributed by atoms with van der Waals surface area (Å²) < 4.78 is 22.5. The molecule has 1 aliphatic rings. The molecule has 0 amide bonds. The number of sulfonamides is 1. The van der Waals surface area contributed by atoms with Crippen LogP contribution in [0, 0.1) is 0 Å². The van der Waals surface area contributed by atoms with Crippen molar-refractivity contribution in [2.24, 2.45) is 10.2 Å². The summed E-state index contributed by atoms with van der Waals surface area (Å²) in [6, 6.07) is 14.6. The maximum absolute atomic E-state index is 11.2. The normalized spacial score (nSPS) is 15.4. The molecule has 3 rings (SSSR count). The number of nitrogens with one attached hydrogen (secondary N) is 1. The maximum atomic E-state index is 11.2. The number of hydrazone groups is 1. The van der Waals surface area contributed by atoms with Gasteiger partial charge in [-0.05, 0) is 61.7 Å². The van der Waals surface area contributed by atoms with Gasteiger partial charge in [-0.3, -0.25) is 5.43 Å². The number of hydrogen-bond acceptors (Lipinski definition) is 5. The summed E-state index contributed by atoms with van der Waals surface area (Å²) in [7, 11) is -3.67. The van der Waals surface area contributed by atoms with E-state index in [2.05, 4.69) is 39.7 Å². The molecule has 0 bridgehead atoms. The van der Waals surface area contributed by atoms with Crippen molar-refractivity contribution in [3.63, 3.8) is 0 Å². The zero-order chi connectivity index (χ0) is 17.9. The number of nitrogens with two attached hydrogens (primary N) is 1. The highest BCUT2D eigenvalue weighted by molar-refractivity contribution is 7.89. The standard InChI is InChI=1S/C18H22N4O2S/c1-14(15-4-8-17(9-5-15)22-12-2-3-13-22)20-21-16-6-10-18(11-7-16)25(19,23)24/h4-11,21H,2-3,12-13H2,1H3,(H2,19,23,24)/b20-14+. The molecular formula is C18H22N4O2S. The summed E-state index contributed by atoms with van der Waals surface area (Å²) in [4.78, 5) is 2.47. The monoisotopic (exact) mass is 358 g/mol. The van der Waals surface area contributed by atoms with Gasteiger partial charge in [-0.2, -0.15) is 5.10 Å². The molecule has 6 nitrogen and oxygen atoms in total. The van der Waals surface area contributed by atoms with E-state index in [1.807, 2.05) is 6.92 Å². The molecule has 0 aliphatic carbocycles. The van der Waals surface area contributed by atoms with Crippen molar-refractivity contribution in [2.45, 2.75) is 24.7 Å². The van der Waals surface area contributed by atoms with Crippen LogP contribution in [-0.4, -0.2) is 27.2 Å². The van der Waals surface area contributed by atoms with Crippen molar-refractivity contribution < 1.29 is 8.42 Å². The highest BCUT2D eigenvalue weighted by Crippen LogP contribution is 2.21. The van der Waals surface area contributed by atoms with Crippen LogP contribution < -0.4 is 15.5 Å². The highest BCUT2D eigenvalue weighted by Gasteiger charge is 2.12. The number of hydrogen-bond donors (Lipinski definition) is 2. The van der Waals surface area contributed by atoms with Crippen LogP contribution in [0.5, 0.6) is 0 Å². The van der Waals surface area contributed by atoms with Crippen LogP contribution >= 0.6 is 0 Å². The largest absolute Gasteiger partial charge is 0.372 e. The molecule has 7 heteroatoms. The Morgan fingerprint density at radius 1 is 1.04 bits per heavy atom. The first-order chi connectivity index (χ1) is 11.9. The molecule has 0 atom stereocenters. The number of primary sulfonamides is 1. The molecule has 132 valence electrons. The highest BCUT2D eigenvalue weighted by atomic mass is 32.2. The third kappa shape index (κ3) is 4.37. The van der Waals surface area contributed by atoms with Gasteiger partial charge in [0, 0.05) is 18.8 Å². The van der Waals surface area contributed by atoms with Gasteiger partial charge in [0.2, 0.25) is 10.0 Å². The van der Waals surface area contributed by atoms with Crippen molar-refractivity contribution >= 4 is 27.1 Å². The van der Waals surface area contributed by atoms with Crippen molar-refractivity contribution in [3.8, 4) is 0 Å². The number of nitrogens with zero attached hydrogens (tertiary/aromatic N) is 2. The SMILES string of the molecule is C/C(=N\Nc1ccc(S(N)(=O)=O)cc1)c1ccc(N2CCCC2)cc1. The topological polar surface area (TPSA) is 87.8 Å². The fourth-order valence-electron chi connectivity index (χ4n) is 2.82. The van der Waals surface area contributed by atoms with E-state index < -0.39 is 10.0 Å². The van der Waals surface area contributed by atoms with E-state index in [1.54, 1.807) is 12.1 Å². The van der Waals surface area contributed by atoms with Crippen molar-refractivity contribution in [1.29, 1.82) is 0 Å². The first-order valence-corrected chi connectivity index (χ1v) is 9.77. The smallest absolute Gasteiger partial charge is 0.238 e. The molecule has 3 N–H and O–H groups in total. The average molecular weight is 358 g/mol. The molecule has 1 saturated heterocycles. The summed E-state index contributed by atoms with van der Waals surface area (Å²) in [5, 5.41) is 9.44. The van der Waals surface area contributed by atoms with Gasteiger partial charge < -0.3 is 4.90 Å². The predicted octanol–water partition coefficient (Wildman–Crippen LogP) is 2.77. The fourth-order valence-corrected chi connectivity index (χ4v) is 3.34. The first-order valence-electron chi connectivity index (χ1n) is 8.22. The molecule has 1 heterocycles. The lowest BCUT2D eigenvalue weighted by Crippen LogP contribution is -2.17. The van der Waals surface area contributed by atoms with Gasteiger partial charge >= 0.3 is 0 Å². The second-order valence-corrected chi connectivity index (χ2v) is 7.68. The van der Waals surface area contributed by atoms with Crippen LogP contribution in [0.3, 0.4) is 0 Å². The van der Waals surface area contributed by atoms with Crippen LogP contribution in [0.2, 0.25) is 0 Å². The predicted molar refractivity (Wildman–Crippen MR) is 102 cm³/mol. The summed E-state index contributed by atoms with van der Waals surface area (Å²) in [5.41, 5.74) is 6.77. The van der Waals surface area contributed by atoms with Crippen LogP contribution in [-0.2, 0) is 10.0 Å². The van der Waals surface area contributed by atoms with E-state index >= 15 is 0 Å². The lowest BCUT2D eigenvalue weighted by atomic mass is 10.1. The van der Waals surface area contributed by atoms with Crippen LogP contribution in [0.25, 0.3) is 0 Å². The number of anilines is 2. The lowest BCUT2D eigenvalue weighted by Gasteiger charge is -2.17. The molecule has 0 unspecified atom stereocenters. The van der Waals surface area contributed by atoms with Crippen LogP contribution in [0.4, 0.5) is 11.4 Å². The summed E-state index contributed by atoms with van der Waals surface area (Å²) in [5.74, 6) is 0. The Balaban J connectivity index is 1.67. The zero-order valence-electron chi connectivity index (χ0n) is 14.1. The lowest BCUT2D eigenvalue weighted by molar-refractivity contribution is 0.598. The average Bonchev–Trinajstić information content (AvgIpc) is 3.14. The minimum atomic E-state index is -3.67. The number of benzene rings is 2. The van der Waals surface area contributed by atoms with E-state index in [1.165, 1.54) is 30.7 Å². The van der Waals surface area contributed by atoms with E-state index in [9.17, 15) is 8.42 Å². The fraction of sp³-hybridized carbons (Fsp3) is 0.278. The molecule has 25 heavy (non-hydrogen) atoms. The van der Waals surface area contributed by atoms with Gasteiger partial charge in [0.1, 0.15) is 0 Å². The molecule has 2 aromatic rings. The van der Waals surface area contributed by atoms with Crippen molar-refractivity contribution in [2.75, 3.05) is 23.4 Å².